The molecular formula is C25H19FO6. The van der Waals surface area contributed by atoms with Crippen molar-refractivity contribution in [2.24, 2.45) is 0 Å². The van der Waals surface area contributed by atoms with Crippen LogP contribution in [-0.4, -0.2) is 26.0 Å². The normalized spacial score (nSPS) is 13.5. The lowest BCUT2D eigenvalue weighted by Gasteiger charge is -2.08. The van der Waals surface area contributed by atoms with Crippen LogP contribution in [0.4, 0.5) is 4.39 Å². The van der Waals surface area contributed by atoms with Crippen molar-refractivity contribution in [1.29, 1.82) is 0 Å². The first kappa shape index (κ1) is 21.1. The maximum Gasteiger partial charge on any atom is 0.343 e. The number of allylic oxidation sites excluding steroid dienone is 1. The Bertz CT molecular complexity index is 1240. The molecule has 0 N–H and O–H groups in total. The quantitative estimate of drug-likeness (QED) is 0.320. The number of Topliss-reactive ketones (excluding diaryl/α,β-unsaturated/α-hetero) is 1. The van der Waals surface area contributed by atoms with Gasteiger partial charge in [-0.1, -0.05) is 0 Å². The van der Waals surface area contributed by atoms with Gasteiger partial charge in [0.15, 0.2) is 5.76 Å². The summed E-state index contributed by atoms with van der Waals surface area (Å²) in [6, 6.07) is 13.3. The zero-order chi connectivity index (χ0) is 22.8. The summed E-state index contributed by atoms with van der Waals surface area (Å²) < 4.78 is 34.9. The second kappa shape index (κ2) is 8.55. The lowest BCUT2D eigenvalue weighted by atomic mass is 10.0. The standard InChI is InChI=1S/C25H19FO6/c1-14-10-19(31-25(28)15-4-6-17(26)7-5-15)13-21-23(14)24(27)22(32-21)12-16-11-18(29-2)8-9-20(16)30-3/h4-13H,1-3H3/b22-12-. The molecule has 0 spiro atoms. The number of hydrogen-bond donors (Lipinski definition) is 0. The van der Waals surface area contributed by atoms with Crippen molar-refractivity contribution in [3.63, 3.8) is 0 Å². The van der Waals surface area contributed by atoms with E-state index in [1.807, 2.05) is 0 Å². The molecule has 0 saturated carbocycles. The number of benzene rings is 3. The largest absolute Gasteiger partial charge is 0.497 e. The van der Waals surface area contributed by atoms with Crippen LogP contribution in [0.5, 0.6) is 23.0 Å². The summed E-state index contributed by atoms with van der Waals surface area (Å²) in [5, 5.41) is 0. The highest BCUT2D eigenvalue weighted by Crippen LogP contribution is 2.38. The molecule has 1 heterocycles. The molecule has 7 heteroatoms. The average molecular weight is 434 g/mol. The second-order valence-electron chi connectivity index (χ2n) is 7.06. The van der Waals surface area contributed by atoms with Crippen LogP contribution in [0.1, 0.15) is 31.8 Å². The molecule has 0 aliphatic carbocycles. The van der Waals surface area contributed by atoms with E-state index in [4.69, 9.17) is 18.9 Å². The lowest BCUT2D eigenvalue weighted by molar-refractivity contribution is 0.0734. The van der Waals surface area contributed by atoms with Gasteiger partial charge in [0.1, 0.15) is 28.8 Å². The fourth-order valence-electron chi connectivity index (χ4n) is 3.38. The van der Waals surface area contributed by atoms with Crippen LogP contribution in [0.25, 0.3) is 6.08 Å². The summed E-state index contributed by atoms with van der Waals surface area (Å²) in [5.41, 5.74) is 1.80. The molecule has 162 valence electrons. The number of halogens is 1. The SMILES string of the molecule is COc1ccc(OC)c(/C=C2\Oc3cc(OC(=O)c4ccc(F)cc4)cc(C)c3C2=O)c1. The van der Waals surface area contributed by atoms with Gasteiger partial charge in [0, 0.05) is 11.6 Å². The Morgan fingerprint density at radius 2 is 1.72 bits per heavy atom. The van der Waals surface area contributed by atoms with Crippen molar-refractivity contribution in [3.05, 3.63) is 88.4 Å². The number of ether oxygens (including phenoxy) is 4. The molecule has 0 radical (unpaired) electrons. The average Bonchev–Trinajstić information content (AvgIpc) is 3.09. The van der Waals surface area contributed by atoms with Gasteiger partial charge in [0.25, 0.3) is 0 Å². The molecular weight excluding hydrogens is 415 g/mol. The molecule has 0 bridgehead atoms. The van der Waals surface area contributed by atoms with Crippen molar-refractivity contribution < 1.29 is 32.9 Å². The minimum absolute atomic E-state index is 0.108. The number of carbonyl (C=O) groups is 2. The van der Waals surface area contributed by atoms with E-state index in [9.17, 15) is 14.0 Å². The highest BCUT2D eigenvalue weighted by Gasteiger charge is 2.30. The lowest BCUT2D eigenvalue weighted by Crippen LogP contribution is -2.08. The summed E-state index contributed by atoms with van der Waals surface area (Å²) in [4.78, 5) is 25.3. The molecule has 0 aromatic heterocycles. The number of fused-ring (bicyclic) bond motifs is 1. The van der Waals surface area contributed by atoms with E-state index in [0.29, 0.717) is 28.2 Å². The Hall–Kier alpha value is -4.13. The Balaban J connectivity index is 1.63. The van der Waals surface area contributed by atoms with E-state index >= 15 is 0 Å². The summed E-state index contributed by atoms with van der Waals surface area (Å²) in [5.74, 6) is 0.367. The van der Waals surface area contributed by atoms with Crippen LogP contribution >= 0.6 is 0 Å². The zero-order valence-electron chi connectivity index (χ0n) is 17.6. The van der Waals surface area contributed by atoms with Gasteiger partial charge >= 0.3 is 5.97 Å². The zero-order valence-corrected chi connectivity index (χ0v) is 17.6. The van der Waals surface area contributed by atoms with Gasteiger partial charge in [-0.2, -0.15) is 0 Å². The molecule has 0 saturated heterocycles. The predicted octanol–water partition coefficient (Wildman–Crippen LogP) is 4.99. The van der Waals surface area contributed by atoms with Crippen molar-refractivity contribution in [1.82, 2.24) is 0 Å². The second-order valence-corrected chi connectivity index (χ2v) is 7.06. The van der Waals surface area contributed by atoms with Crippen molar-refractivity contribution >= 4 is 17.8 Å². The maximum absolute atomic E-state index is 13.1. The number of methoxy groups -OCH3 is 2. The van der Waals surface area contributed by atoms with Gasteiger partial charge in [-0.3, -0.25) is 4.79 Å². The minimum atomic E-state index is -0.648. The first-order valence-electron chi connectivity index (χ1n) is 9.68. The molecule has 0 unspecified atom stereocenters. The molecule has 3 aromatic carbocycles. The topological polar surface area (TPSA) is 71.1 Å². The summed E-state index contributed by atoms with van der Waals surface area (Å²) >= 11 is 0. The first-order valence-corrected chi connectivity index (χ1v) is 9.68. The molecule has 3 aromatic rings. The molecule has 0 amide bonds. The highest BCUT2D eigenvalue weighted by molar-refractivity contribution is 6.15. The number of hydrogen-bond acceptors (Lipinski definition) is 6. The molecule has 4 rings (SSSR count). The fourth-order valence-corrected chi connectivity index (χ4v) is 3.38. The predicted molar refractivity (Wildman–Crippen MR) is 115 cm³/mol. The Labute approximate surface area is 183 Å². The van der Waals surface area contributed by atoms with Crippen molar-refractivity contribution in [2.75, 3.05) is 14.2 Å². The van der Waals surface area contributed by atoms with Crippen LogP contribution < -0.4 is 18.9 Å². The van der Waals surface area contributed by atoms with Crippen LogP contribution in [0.3, 0.4) is 0 Å². The number of esters is 1. The number of ketones is 1. The van der Waals surface area contributed by atoms with E-state index < -0.39 is 11.8 Å². The van der Waals surface area contributed by atoms with Gasteiger partial charge in [-0.05, 0) is 67.1 Å². The highest BCUT2D eigenvalue weighted by atomic mass is 19.1. The van der Waals surface area contributed by atoms with E-state index in [1.165, 1.54) is 37.4 Å². The summed E-state index contributed by atoms with van der Waals surface area (Å²) in [6.45, 7) is 1.73. The molecule has 0 atom stereocenters. The Morgan fingerprint density at radius 1 is 0.969 bits per heavy atom. The monoisotopic (exact) mass is 434 g/mol. The van der Waals surface area contributed by atoms with E-state index in [1.54, 1.807) is 44.4 Å². The van der Waals surface area contributed by atoms with Crippen LogP contribution in [-0.2, 0) is 0 Å². The maximum atomic E-state index is 13.1. The fraction of sp³-hybridized carbons (Fsp3) is 0.120. The third kappa shape index (κ3) is 4.05. The van der Waals surface area contributed by atoms with E-state index in [2.05, 4.69) is 0 Å². The Morgan fingerprint density at radius 3 is 2.41 bits per heavy atom. The summed E-state index contributed by atoms with van der Waals surface area (Å²) in [6.07, 6.45) is 1.58. The van der Waals surface area contributed by atoms with Crippen LogP contribution in [0.15, 0.2) is 60.4 Å². The van der Waals surface area contributed by atoms with Gasteiger partial charge in [-0.25, -0.2) is 9.18 Å². The van der Waals surface area contributed by atoms with E-state index in [-0.39, 0.29) is 28.6 Å². The minimum Gasteiger partial charge on any atom is -0.497 e. The molecule has 32 heavy (non-hydrogen) atoms. The molecule has 1 aliphatic rings. The molecule has 1 aliphatic heterocycles. The van der Waals surface area contributed by atoms with Crippen molar-refractivity contribution in [3.8, 4) is 23.0 Å². The smallest absolute Gasteiger partial charge is 0.343 e. The number of aryl methyl sites for hydroxylation is 1. The van der Waals surface area contributed by atoms with Crippen LogP contribution in [0.2, 0.25) is 0 Å². The molecule has 0 fully saturated rings. The third-order valence-corrected chi connectivity index (χ3v) is 4.96. The van der Waals surface area contributed by atoms with Crippen LogP contribution in [0, 0.1) is 12.7 Å². The number of rotatable bonds is 5. The van der Waals surface area contributed by atoms with Gasteiger partial charge in [-0.15, -0.1) is 0 Å². The third-order valence-electron chi connectivity index (χ3n) is 4.96. The number of carbonyl (C=O) groups excluding carboxylic acids is 2. The summed E-state index contributed by atoms with van der Waals surface area (Å²) in [7, 11) is 3.08. The van der Waals surface area contributed by atoms with E-state index in [0.717, 1.165) is 0 Å². The molecule has 6 nitrogen and oxygen atoms in total. The van der Waals surface area contributed by atoms with Gasteiger partial charge in [0.2, 0.25) is 5.78 Å². The van der Waals surface area contributed by atoms with Gasteiger partial charge in [0.05, 0.1) is 25.3 Å². The van der Waals surface area contributed by atoms with Crippen molar-refractivity contribution in [2.45, 2.75) is 6.92 Å². The first-order chi connectivity index (χ1) is 15.4. The van der Waals surface area contributed by atoms with Gasteiger partial charge < -0.3 is 18.9 Å². The Kier molecular flexibility index (Phi) is 5.64.